The molecule has 2 aromatic rings. The van der Waals surface area contributed by atoms with Crippen molar-refractivity contribution in [1.29, 1.82) is 0 Å². The first-order chi connectivity index (χ1) is 9.65. The summed E-state index contributed by atoms with van der Waals surface area (Å²) in [7, 11) is -3.52. The molecular weight excluding hydrogens is 298 g/mol. The second kappa shape index (κ2) is 7.07. The minimum atomic E-state index is -3.52. The van der Waals surface area contributed by atoms with Gasteiger partial charge in [0.25, 0.3) is 0 Å². The van der Waals surface area contributed by atoms with Crippen LogP contribution in [0.5, 0.6) is 0 Å². The Labute approximate surface area is 122 Å². The summed E-state index contributed by atoms with van der Waals surface area (Å²) in [4.78, 5) is 7.14. The summed E-state index contributed by atoms with van der Waals surface area (Å²) < 4.78 is 26.9. The Bertz CT molecular complexity index is 655. The van der Waals surface area contributed by atoms with Crippen molar-refractivity contribution in [2.75, 3.05) is 24.7 Å². The Morgan fingerprint density at radius 2 is 2.25 bits per heavy atom. The van der Waals surface area contributed by atoms with Crippen molar-refractivity contribution in [3.8, 4) is 0 Å². The molecule has 0 unspecified atom stereocenters. The summed E-state index contributed by atoms with van der Waals surface area (Å²) in [5.41, 5.74) is 0.560. The summed E-state index contributed by atoms with van der Waals surface area (Å²) in [5, 5.41) is 9.23. The second-order valence-electron chi connectivity index (χ2n) is 4.14. The predicted octanol–water partition coefficient (Wildman–Crippen LogP) is 0.957. The third-order valence-electron chi connectivity index (χ3n) is 2.69. The first-order valence-electron chi connectivity index (χ1n) is 6.25. The van der Waals surface area contributed by atoms with Crippen molar-refractivity contribution in [3.05, 3.63) is 24.5 Å². The molecule has 0 fully saturated rings. The van der Waals surface area contributed by atoms with Crippen LogP contribution < -0.4 is 4.72 Å². The van der Waals surface area contributed by atoms with E-state index in [1.807, 2.05) is 0 Å². The molecule has 0 aliphatic rings. The van der Waals surface area contributed by atoms with Gasteiger partial charge in [-0.1, -0.05) is 0 Å². The number of aromatic amines is 1. The van der Waals surface area contributed by atoms with Gasteiger partial charge in [-0.05, 0) is 24.3 Å². The normalized spacial score (nSPS) is 12.1. The lowest BCUT2D eigenvalue weighted by Gasteiger charge is -2.05. The average molecular weight is 315 g/mol. The van der Waals surface area contributed by atoms with Crippen molar-refractivity contribution >= 4 is 32.8 Å². The summed E-state index contributed by atoms with van der Waals surface area (Å²) in [5.74, 6) is 1.51. The fourth-order valence-electron chi connectivity index (χ4n) is 1.75. The molecule has 0 spiro atoms. The number of rotatable bonds is 8. The van der Waals surface area contributed by atoms with Crippen LogP contribution in [0.2, 0.25) is 0 Å². The van der Waals surface area contributed by atoms with Gasteiger partial charge >= 0.3 is 0 Å². The third kappa shape index (κ3) is 3.72. The lowest BCUT2D eigenvalue weighted by Crippen LogP contribution is -2.26. The Morgan fingerprint density at radius 1 is 1.40 bits per heavy atom. The van der Waals surface area contributed by atoms with Crippen LogP contribution in [0.4, 0.5) is 0 Å². The maximum Gasteiger partial charge on any atom is 0.242 e. The standard InChI is InChI=1S/C12H17N3O3S2/c16-6-2-7-19-8-5-15-20(17,18)11-9-14-12-10(11)3-1-4-13-12/h1,3-4,9,15-16H,2,5-8H2,(H,13,14). The molecule has 3 N–H and O–H groups in total. The van der Waals surface area contributed by atoms with Crippen LogP contribution in [0.3, 0.4) is 0 Å². The predicted molar refractivity (Wildman–Crippen MR) is 80.3 cm³/mol. The van der Waals surface area contributed by atoms with E-state index in [-0.39, 0.29) is 11.5 Å². The van der Waals surface area contributed by atoms with E-state index in [2.05, 4.69) is 14.7 Å². The van der Waals surface area contributed by atoms with E-state index in [9.17, 15) is 8.42 Å². The molecule has 6 nitrogen and oxygen atoms in total. The summed E-state index contributed by atoms with van der Waals surface area (Å²) in [6, 6.07) is 3.43. The monoisotopic (exact) mass is 315 g/mol. The molecule has 0 saturated carbocycles. The summed E-state index contributed by atoms with van der Waals surface area (Å²) in [6.07, 6.45) is 3.80. The van der Waals surface area contributed by atoms with Gasteiger partial charge in [0.15, 0.2) is 0 Å². The number of pyridine rings is 1. The van der Waals surface area contributed by atoms with E-state index in [0.717, 1.165) is 12.2 Å². The van der Waals surface area contributed by atoms with Gasteiger partial charge in [-0.15, -0.1) is 0 Å². The number of fused-ring (bicyclic) bond motifs is 1. The second-order valence-corrected chi connectivity index (χ2v) is 7.10. The van der Waals surface area contributed by atoms with Crippen molar-refractivity contribution < 1.29 is 13.5 Å². The molecule has 2 heterocycles. The van der Waals surface area contributed by atoms with E-state index in [0.29, 0.717) is 23.3 Å². The average Bonchev–Trinajstić information content (AvgIpc) is 2.87. The highest BCUT2D eigenvalue weighted by Crippen LogP contribution is 2.20. The van der Waals surface area contributed by atoms with Crippen LogP contribution in [0.1, 0.15) is 6.42 Å². The molecule has 0 aromatic carbocycles. The largest absolute Gasteiger partial charge is 0.396 e. The molecule has 2 aromatic heterocycles. The third-order valence-corrected chi connectivity index (χ3v) is 5.26. The number of H-pyrrole nitrogens is 1. The molecule has 20 heavy (non-hydrogen) atoms. The van der Waals surface area contributed by atoms with Crippen molar-refractivity contribution in [1.82, 2.24) is 14.7 Å². The van der Waals surface area contributed by atoms with Crippen LogP contribution in [0.15, 0.2) is 29.4 Å². The van der Waals surface area contributed by atoms with Gasteiger partial charge in [-0.3, -0.25) is 0 Å². The molecule has 110 valence electrons. The number of hydrogen-bond donors (Lipinski definition) is 3. The number of aromatic nitrogens is 2. The lowest BCUT2D eigenvalue weighted by atomic mass is 10.3. The number of aliphatic hydroxyl groups is 1. The summed E-state index contributed by atoms with van der Waals surface area (Å²) >= 11 is 1.61. The van der Waals surface area contributed by atoms with Crippen molar-refractivity contribution in [2.45, 2.75) is 11.3 Å². The zero-order valence-corrected chi connectivity index (χ0v) is 12.5. The van der Waals surface area contributed by atoms with Crippen LogP contribution in [0, 0.1) is 0 Å². The zero-order chi connectivity index (χ0) is 14.4. The SMILES string of the molecule is O=S(=O)(NCCSCCCO)c1c[nH]c2ncccc12. The smallest absolute Gasteiger partial charge is 0.242 e. The van der Waals surface area contributed by atoms with Gasteiger partial charge in [-0.25, -0.2) is 18.1 Å². The molecule has 0 atom stereocenters. The summed E-state index contributed by atoms with van der Waals surface area (Å²) in [6.45, 7) is 0.534. The number of thioether (sulfide) groups is 1. The van der Waals surface area contributed by atoms with Crippen LogP contribution in [0.25, 0.3) is 11.0 Å². The van der Waals surface area contributed by atoms with E-state index in [1.54, 1.807) is 30.1 Å². The fraction of sp³-hybridized carbons (Fsp3) is 0.417. The van der Waals surface area contributed by atoms with Crippen molar-refractivity contribution in [3.63, 3.8) is 0 Å². The van der Waals surface area contributed by atoms with E-state index in [4.69, 9.17) is 5.11 Å². The van der Waals surface area contributed by atoms with Crippen LogP contribution >= 0.6 is 11.8 Å². The minimum Gasteiger partial charge on any atom is -0.396 e. The molecule has 0 amide bonds. The molecule has 0 saturated heterocycles. The molecule has 2 rings (SSSR count). The number of aliphatic hydroxyl groups excluding tert-OH is 1. The maximum absolute atomic E-state index is 12.2. The van der Waals surface area contributed by atoms with Gasteiger partial charge in [0.05, 0.1) is 0 Å². The highest BCUT2D eigenvalue weighted by atomic mass is 32.2. The molecule has 8 heteroatoms. The maximum atomic E-state index is 12.2. The quantitative estimate of drug-likeness (QED) is 0.631. The molecular formula is C12H17N3O3S2. The Hall–Kier alpha value is -1.09. The highest BCUT2D eigenvalue weighted by Gasteiger charge is 2.18. The number of nitrogens with one attached hydrogen (secondary N) is 2. The van der Waals surface area contributed by atoms with E-state index >= 15 is 0 Å². The Balaban J connectivity index is 1.97. The first-order valence-corrected chi connectivity index (χ1v) is 8.89. The zero-order valence-electron chi connectivity index (χ0n) is 10.9. The molecule has 0 radical (unpaired) electrons. The number of hydrogen-bond acceptors (Lipinski definition) is 5. The van der Waals surface area contributed by atoms with E-state index < -0.39 is 10.0 Å². The van der Waals surface area contributed by atoms with Gasteiger partial charge in [0.2, 0.25) is 10.0 Å². The fourth-order valence-corrected chi connectivity index (χ4v) is 3.86. The van der Waals surface area contributed by atoms with Gasteiger partial charge < -0.3 is 10.1 Å². The van der Waals surface area contributed by atoms with Crippen molar-refractivity contribution in [2.24, 2.45) is 0 Å². The topological polar surface area (TPSA) is 95.1 Å². The first kappa shape index (κ1) is 15.3. The van der Waals surface area contributed by atoms with Crippen LogP contribution in [-0.4, -0.2) is 48.1 Å². The molecule has 0 bridgehead atoms. The van der Waals surface area contributed by atoms with Gasteiger partial charge in [-0.2, -0.15) is 11.8 Å². The molecule has 0 aliphatic heterocycles. The minimum absolute atomic E-state index is 0.168. The Kier molecular flexibility index (Phi) is 5.41. The lowest BCUT2D eigenvalue weighted by molar-refractivity contribution is 0.296. The van der Waals surface area contributed by atoms with Crippen LogP contribution in [-0.2, 0) is 10.0 Å². The Morgan fingerprint density at radius 3 is 3.05 bits per heavy atom. The number of nitrogens with zero attached hydrogens (tertiary/aromatic N) is 1. The number of sulfonamides is 1. The highest BCUT2D eigenvalue weighted by molar-refractivity contribution is 7.99. The van der Waals surface area contributed by atoms with E-state index in [1.165, 1.54) is 6.20 Å². The molecule has 0 aliphatic carbocycles. The van der Waals surface area contributed by atoms with Gasteiger partial charge in [0, 0.05) is 36.7 Å². The van der Waals surface area contributed by atoms with Gasteiger partial charge in [0.1, 0.15) is 10.5 Å².